The van der Waals surface area contributed by atoms with Crippen LogP contribution in [0.3, 0.4) is 0 Å². The summed E-state index contributed by atoms with van der Waals surface area (Å²) in [5.41, 5.74) is 2.68. The lowest BCUT2D eigenvalue weighted by Gasteiger charge is -2.37. The van der Waals surface area contributed by atoms with Crippen LogP contribution in [-0.2, 0) is 16.4 Å². The van der Waals surface area contributed by atoms with Gasteiger partial charge in [0.2, 0.25) is 10.0 Å². The highest BCUT2D eigenvalue weighted by atomic mass is 32.2. The van der Waals surface area contributed by atoms with Crippen molar-refractivity contribution in [2.75, 3.05) is 48.8 Å². The van der Waals surface area contributed by atoms with Gasteiger partial charge in [0.25, 0.3) is 0 Å². The van der Waals surface area contributed by atoms with Crippen LogP contribution >= 0.6 is 0 Å². The van der Waals surface area contributed by atoms with Gasteiger partial charge < -0.3 is 9.80 Å². The normalized spacial score (nSPS) is 19.2. The minimum absolute atomic E-state index is 0.0780. The van der Waals surface area contributed by atoms with Gasteiger partial charge in [0.15, 0.2) is 5.82 Å². The first kappa shape index (κ1) is 22.6. The largest absolute Gasteiger partial charge is 0.354 e. The van der Waals surface area contributed by atoms with Gasteiger partial charge in [-0.15, -0.1) is 0 Å². The Bertz CT molecular complexity index is 1300. The molecule has 3 aromatic rings. The lowest BCUT2D eigenvalue weighted by molar-refractivity contribution is 0.386. The van der Waals surface area contributed by atoms with E-state index in [4.69, 9.17) is 9.97 Å². The molecular formula is C23H26FN7O2S. The standard InChI is InChI=1S/C23H26FN7O2S/c1-16-18-15-26-23(20-5-3-4-7-25-20)27-19(18)6-8-31(16)22-14-17(24)13-21(28-22)29-9-11-30(12-10-29)34(2,32)33/h3-5,7,13-16H,6,8-12H2,1-2H3. The predicted octanol–water partition coefficient (Wildman–Crippen LogP) is 2.28. The Labute approximate surface area is 198 Å². The predicted molar refractivity (Wildman–Crippen MR) is 128 cm³/mol. The van der Waals surface area contributed by atoms with Crippen LogP contribution in [0.5, 0.6) is 0 Å². The molecule has 3 aromatic heterocycles. The van der Waals surface area contributed by atoms with E-state index in [9.17, 15) is 12.8 Å². The molecule has 0 aliphatic carbocycles. The van der Waals surface area contributed by atoms with Crippen molar-refractivity contribution in [1.82, 2.24) is 24.2 Å². The molecule has 5 heterocycles. The highest BCUT2D eigenvalue weighted by molar-refractivity contribution is 7.88. The third-order valence-electron chi connectivity index (χ3n) is 6.39. The summed E-state index contributed by atoms with van der Waals surface area (Å²) in [4.78, 5) is 22.3. The van der Waals surface area contributed by atoms with E-state index in [-0.39, 0.29) is 11.9 Å². The topological polar surface area (TPSA) is 95.4 Å². The maximum atomic E-state index is 14.6. The molecule has 2 aliphatic heterocycles. The van der Waals surface area contributed by atoms with E-state index in [1.54, 1.807) is 6.20 Å². The van der Waals surface area contributed by atoms with Gasteiger partial charge in [-0.05, 0) is 19.1 Å². The van der Waals surface area contributed by atoms with Crippen LogP contribution in [0.2, 0.25) is 0 Å². The Hall–Kier alpha value is -3.18. The number of fused-ring (bicyclic) bond motifs is 1. The summed E-state index contributed by atoms with van der Waals surface area (Å²) in [6.07, 6.45) is 5.44. The van der Waals surface area contributed by atoms with Crippen molar-refractivity contribution in [3.8, 4) is 11.5 Å². The zero-order chi connectivity index (χ0) is 23.9. The Morgan fingerprint density at radius 2 is 1.76 bits per heavy atom. The van der Waals surface area contributed by atoms with Crippen LogP contribution in [0, 0.1) is 5.82 Å². The first-order valence-electron chi connectivity index (χ1n) is 11.2. The maximum Gasteiger partial charge on any atom is 0.211 e. The summed E-state index contributed by atoms with van der Waals surface area (Å²) in [6.45, 7) is 4.33. The molecule has 11 heteroatoms. The van der Waals surface area contributed by atoms with Crippen molar-refractivity contribution in [2.24, 2.45) is 0 Å². The molecule has 0 amide bonds. The number of anilines is 2. The van der Waals surface area contributed by atoms with Crippen LogP contribution < -0.4 is 9.80 Å². The van der Waals surface area contributed by atoms with Crippen molar-refractivity contribution < 1.29 is 12.8 Å². The SMILES string of the molecule is CC1c2cnc(-c3ccccn3)nc2CCN1c1cc(F)cc(N2CCN(S(C)(=O)=O)CC2)n1. The first-order valence-corrected chi connectivity index (χ1v) is 13.1. The summed E-state index contributed by atoms with van der Waals surface area (Å²) >= 11 is 0. The van der Waals surface area contributed by atoms with E-state index in [1.165, 1.54) is 22.7 Å². The number of hydrogen-bond acceptors (Lipinski definition) is 8. The van der Waals surface area contributed by atoms with E-state index in [2.05, 4.69) is 14.9 Å². The highest BCUT2D eigenvalue weighted by Crippen LogP contribution is 2.33. The van der Waals surface area contributed by atoms with Crippen LogP contribution in [0.15, 0.2) is 42.7 Å². The van der Waals surface area contributed by atoms with Crippen molar-refractivity contribution in [1.29, 1.82) is 0 Å². The average Bonchev–Trinajstić information content (AvgIpc) is 2.84. The van der Waals surface area contributed by atoms with Crippen molar-refractivity contribution >= 4 is 21.7 Å². The molecule has 34 heavy (non-hydrogen) atoms. The molecule has 0 spiro atoms. The van der Waals surface area contributed by atoms with Gasteiger partial charge in [-0.1, -0.05) is 6.07 Å². The van der Waals surface area contributed by atoms with Gasteiger partial charge in [-0.2, -0.15) is 4.31 Å². The first-order chi connectivity index (χ1) is 16.3. The Morgan fingerprint density at radius 3 is 2.47 bits per heavy atom. The van der Waals surface area contributed by atoms with Gasteiger partial charge in [0.05, 0.1) is 18.0 Å². The number of nitrogens with zero attached hydrogens (tertiary/aromatic N) is 7. The highest BCUT2D eigenvalue weighted by Gasteiger charge is 2.29. The van der Waals surface area contributed by atoms with E-state index in [0.29, 0.717) is 56.6 Å². The molecule has 1 fully saturated rings. The lowest BCUT2D eigenvalue weighted by atomic mass is 9.99. The molecule has 178 valence electrons. The molecule has 0 bridgehead atoms. The van der Waals surface area contributed by atoms with Gasteiger partial charge in [0, 0.05) is 69.2 Å². The number of rotatable bonds is 4. The summed E-state index contributed by atoms with van der Waals surface area (Å²) in [5.74, 6) is 1.29. The summed E-state index contributed by atoms with van der Waals surface area (Å²) in [7, 11) is -3.23. The van der Waals surface area contributed by atoms with Gasteiger partial charge >= 0.3 is 0 Å². The second-order valence-corrected chi connectivity index (χ2v) is 10.6. The number of halogens is 1. The molecule has 0 N–H and O–H groups in total. The Kier molecular flexibility index (Phi) is 5.90. The molecule has 9 nitrogen and oxygen atoms in total. The van der Waals surface area contributed by atoms with E-state index in [0.717, 1.165) is 17.0 Å². The molecule has 0 radical (unpaired) electrons. The molecular weight excluding hydrogens is 457 g/mol. The van der Waals surface area contributed by atoms with Crippen LogP contribution in [-0.4, -0.2) is 71.6 Å². The molecule has 2 aliphatic rings. The number of pyridine rings is 2. The molecule has 1 saturated heterocycles. The van der Waals surface area contributed by atoms with E-state index < -0.39 is 10.0 Å². The van der Waals surface area contributed by atoms with Crippen molar-refractivity contribution in [3.05, 3.63) is 59.8 Å². The molecule has 0 saturated carbocycles. The number of piperazine rings is 1. The zero-order valence-corrected chi connectivity index (χ0v) is 19.9. The summed E-state index contributed by atoms with van der Waals surface area (Å²) < 4.78 is 39.7. The fraction of sp³-hybridized carbons (Fsp3) is 0.391. The van der Waals surface area contributed by atoms with Crippen molar-refractivity contribution in [3.63, 3.8) is 0 Å². The second kappa shape index (κ2) is 8.88. The fourth-order valence-electron chi connectivity index (χ4n) is 4.52. The molecule has 1 atom stereocenters. The minimum atomic E-state index is -3.23. The molecule has 5 rings (SSSR count). The van der Waals surface area contributed by atoms with Crippen molar-refractivity contribution in [2.45, 2.75) is 19.4 Å². The van der Waals surface area contributed by atoms with Gasteiger partial charge in [-0.25, -0.2) is 27.8 Å². The lowest BCUT2D eigenvalue weighted by Crippen LogP contribution is -2.48. The van der Waals surface area contributed by atoms with E-state index >= 15 is 0 Å². The zero-order valence-electron chi connectivity index (χ0n) is 19.1. The number of aromatic nitrogens is 4. The number of hydrogen-bond donors (Lipinski definition) is 0. The summed E-state index contributed by atoms with van der Waals surface area (Å²) in [5, 5.41) is 0. The summed E-state index contributed by atoms with van der Waals surface area (Å²) in [6, 6.07) is 8.42. The monoisotopic (exact) mass is 483 g/mol. The van der Waals surface area contributed by atoms with Crippen LogP contribution in [0.4, 0.5) is 16.0 Å². The van der Waals surface area contributed by atoms with Crippen LogP contribution in [0.25, 0.3) is 11.5 Å². The smallest absolute Gasteiger partial charge is 0.211 e. The third-order valence-corrected chi connectivity index (χ3v) is 7.69. The van der Waals surface area contributed by atoms with Crippen LogP contribution in [0.1, 0.15) is 24.2 Å². The van der Waals surface area contributed by atoms with Gasteiger partial charge in [-0.3, -0.25) is 4.98 Å². The van der Waals surface area contributed by atoms with E-state index in [1.807, 2.05) is 36.2 Å². The molecule has 0 aromatic carbocycles. The minimum Gasteiger partial charge on any atom is -0.354 e. The van der Waals surface area contributed by atoms with Gasteiger partial charge in [0.1, 0.15) is 23.1 Å². The Morgan fingerprint density at radius 1 is 1.00 bits per heavy atom. The molecule has 1 unspecified atom stereocenters. The number of sulfonamides is 1. The second-order valence-electron chi connectivity index (χ2n) is 8.58. The third kappa shape index (κ3) is 4.45. The Balaban J connectivity index is 1.38. The fourth-order valence-corrected chi connectivity index (χ4v) is 5.35. The average molecular weight is 484 g/mol. The maximum absolute atomic E-state index is 14.6. The quantitative estimate of drug-likeness (QED) is 0.558.